The van der Waals surface area contributed by atoms with Crippen LogP contribution in [0.25, 0.3) is 0 Å². The molecule has 0 bridgehead atoms. The van der Waals surface area contributed by atoms with E-state index in [1.807, 2.05) is 6.07 Å². The minimum Gasteiger partial charge on any atom is -0.465 e. The molecule has 0 radical (unpaired) electrons. The van der Waals surface area contributed by atoms with Crippen LogP contribution in [-0.2, 0) is 4.79 Å². The Morgan fingerprint density at radius 2 is 1.78 bits per heavy atom. The summed E-state index contributed by atoms with van der Waals surface area (Å²) >= 11 is 5.85. The van der Waals surface area contributed by atoms with Gasteiger partial charge < -0.3 is 19.8 Å². The second-order valence-corrected chi connectivity index (χ2v) is 9.82. The lowest BCUT2D eigenvalue weighted by Crippen LogP contribution is -2.46. The third-order valence-electron chi connectivity index (χ3n) is 7.35. The van der Waals surface area contributed by atoms with Crippen LogP contribution in [0.5, 0.6) is 0 Å². The Morgan fingerprint density at radius 1 is 1.11 bits per heavy atom. The van der Waals surface area contributed by atoms with Gasteiger partial charge in [0.1, 0.15) is 5.82 Å². The van der Waals surface area contributed by atoms with Crippen LogP contribution in [0.15, 0.2) is 42.5 Å². The number of nitrogens with zero attached hydrogens (tertiary/aromatic N) is 4. The molecule has 0 saturated carbocycles. The first-order valence-corrected chi connectivity index (χ1v) is 12.6. The lowest BCUT2D eigenvalue weighted by Gasteiger charge is -2.33. The standard InChI is InChI=1S/C27H28ClFN4O4/c1-2-33(27(36)37)24-16-32(15-21(24)20-7-8-22(28)23(29)13-20)26(35)19-9-11-31(12-10-19)25(34)18-5-3-17(14-30)4-6-18/h3-8,13,19,21,24H,2,9-12,15-16H2,1H3,(H,36,37)/t21-,24+/m0/s1. The minimum atomic E-state index is -1.09. The number of carbonyl (C=O) groups is 3. The summed E-state index contributed by atoms with van der Waals surface area (Å²) < 4.78 is 14.2. The molecule has 2 heterocycles. The number of halogens is 2. The Labute approximate surface area is 219 Å². The van der Waals surface area contributed by atoms with Crippen molar-refractivity contribution in [2.75, 3.05) is 32.7 Å². The molecule has 2 aromatic carbocycles. The molecule has 37 heavy (non-hydrogen) atoms. The molecule has 8 nitrogen and oxygen atoms in total. The van der Waals surface area contributed by atoms with Gasteiger partial charge in [0.25, 0.3) is 5.91 Å². The first kappa shape index (κ1) is 26.4. The van der Waals surface area contributed by atoms with E-state index in [2.05, 4.69) is 0 Å². The van der Waals surface area contributed by atoms with Crippen LogP contribution in [0, 0.1) is 23.1 Å². The Morgan fingerprint density at radius 3 is 2.35 bits per heavy atom. The van der Waals surface area contributed by atoms with Gasteiger partial charge in [0.15, 0.2) is 0 Å². The Hall–Kier alpha value is -3.64. The van der Waals surface area contributed by atoms with Crippen molar-refractivity contribution in [3.8, 4) is 6.07 Å². The molecular formula is C27H28ClFN4O4. The molecule has 2 aromatic rings. The van der Waals surface area contributed by atoms with Crippen molar-refractivity contribution in [1.82, 2.24) is 14.7 Å². The summed E-state index contributed by atoms with van der Waals surface area (Å²) in [5, 5.41) is 18.7. The molecule has 194 valence electrons. The van der Waals surface area contributed by atoms with Crippen molar-refractivity contribution in [3.63, 3.8) is 0 Å². The second kappa shape index (κ2) is 11.2. The first-order chi connectivity index (χ1) is 17.7. The second-order valence-electron chi connectivity index (χ2n) is 9.41. The van der Waals surface area contributed by atoms with Gasteiger partial charge in [0, 0.05) is 50.1 Å². The van der Waals surface area contributed by atoms with Crippen molar-refractivity contribution >= 4 is 29.5 Å². The SMILES string of the molecule is CCN(C(=O)O)[C@@H]1CN(C(=O)C2CCN(C(=O)c3ccc(C#N)cc3)CC2)C[C@H]1c1ccc(Cl)c(F)c1. The molecule has 3 amide bonds. The zero-order valence-electron chi connectivity index (χ0n) is 20.4. The molecule has 0 aliphatic carbocycles. The van der Waals surface area contributed by atoms with E-state index < -0.39 is 18.0 Å². The number of amides is 3. The van der Waals surface area contributed by atoms with Crippen LogP contribution < -0.4 is 0 Å². The molecule has 2 saturated heterocycles. The third-order valence-corrected chi connectivity index (χ3v) is 7.66. The van der Waals surface area contributed by atoms with Gasteiger partial charge in [-0.2, -0.15) is 5.26 Å². The lowest BCUT2D eigenvalue weighted by atomic mass is 9.93. The third kappa shape index (κ3) is 5.54. The fourth-order valence-corrected chi connectivity index (χ4v) is 5.44. The highest BCUT2D eigenvalue weighted by Gasteiger charge is 2.43. The summed E-state index contributed by atoms with van der Waals surface area (Å²) in [5.74, 6) is -1.47. The Bertz CT molecular complexity index is 1220. The normalized spacial score (nSPS) is 19.9. The lowest BCUT2D eigenvalue weighted by molar-refractivity contribution is -0.136. The number of hydrogen-bond acceptors (Lipinski definition) is 4. The van der Waals surface area contributed by atoms with E-state index in [1.165, 1.54) is 17.0 Å². The quantitative estimate of drug-likeness (QED) is 0.628. The zero-order chi connectivity index (χ0) is 26.7. The maximum atomic E-state index is 14.2. The van der Waals surface area contributed by atoms with Gasteiger partial charge in [-0.1, -0.05) is 17.7 Å². The highest BCUT2D eigenvalue weighted by Crippen LogP contribution is 2.35. The number of piperidine rings is 1. The van der Waals surface area contributed by atoms with Gasteiger partial charge in [-0.25, -0.2) is 9.18 Å². The maximum Gasteiger partial charge on any atom is 0.407 e. The summed E-state index contributed by atoms with van der Waals surface area (Å²) in [4.78, 5) is 42.9. The molecule has 2 fully saturated rings. The van der Waals surface area contributed by atoms with Crippen molar-refractivity contribution in [2.45, 2.75) is 31.7 Å². The predicted molar refractivity (Wildman–Crippen MR) is 135 cm³/mol. The molecule has 4 rings (SSSR count). The van der Waals surface area contributed by atoms with Crippen LogP contribution in [-0.4, -0.2) is 76.5 Å². The Kier molecular flexibility index (Phi) is 7.98. The van der Waals surface area contributed by atoms with Crippen molar-refractivity contribution in [1.29, 1.82) is 5.26 Å². The topological polar surface area (TPSA) is 105 Å². The van der Waals surface area contributed by atoms with Crippen molar-refractivity contribution in [3.05, 3.63) is 70.0 Å². The van der Waals surface area contributed by atoms with E-state index in [0.29, 0.717) is 42.6 Å². The number of hydrogen-bond donors (Lipinski definition) is 1. The van der Waals surface area contributed by atoms with Gasteiger partial charge in [0.2, 0.25) is 5.91 Å². The van der Waals surface area contributed by atoms with Gasteiger partial charge in [-0.15, -0.1) is 0 Å². The van der Waals surface area contributed by atoms with E-state index in [0.717, 1.165) is 0 Å². The number of benzene rings is 2. The largest absolute Gasteiger partial charge is 0.465 e. The van der Waals surface area contributed by atoms with Crippen LogP contribution >= 0.6 is 11.6 Å². The molecule has 2 atom stereocenters. The summed E-state index contributed by atoms with van der Waals surface area (Å²) in [6.07, 6.45) is -0.0898. The van der Waals surface area contributed by atoms with Gasteiger partial charge in [-0.3, -0.25) is 9.59 Å². The van der Waals surface area contributed by atoms with Crippen molar-refractivity contribution < 1.29 is 23.9 Å². The van der Waals surface area contributed by atoms with E-state index in [1.54, 1.807) is 47.1 Å². The molecule has 0 spiro atoms. The van der Waals surface area contributed by atoms with E-state index in [4.69, 9.17) is 16.9 Å². The number of likely N-dealkylation sites (tertiary alicyclic amines) is 2. The highest BCUT2D eigenvalue weighted by atomic mass is 35.5. The molecular weight excluding hydrogens is 499 g/mol. The summed E-state index contributed by atoms with van der Waals surface area (Å²) in [5.41, 5.74) is 1.58. The first-order valence-electron chi connectivity index (χ1n) is 12.3. The number of carbonyl (C=O) groups excluding carboxylic acids is 2. The highest BCUT2D eigenvalue weighted by molar-refractivity contribution is 6.30. The molecule has 0 aromatic heterocycles. The average Bonchev–Trinajstić information content (AvgIpc) is 3.34. The number of rotatable bonds is 5. The summed E-state index contributed by atoms with van der Waals surface area (Å²) in [7, 11) is 0. The number of likely N-dealkylation sites (N-methyl/N-ethyl adjacent to an activating group) is 1. The molecule has 2 aliphatic heterocycles. The molecule has 2 aliphatic rings. The molecule has 10 heteroatoms. The van der Waals surface area contributed by atoms with Gasteiger partial charge in [-0.05, 0) is 61.7 Å². The fourth-order valence-electron chi connectivity index (χ4n) is 5.32. The van der Waals surface area contributed by atoms with Gasteiger partial charge >= 0.3 is 6.09 Å². The van der Waals surface area contributed by atoms with Crippen LogP contribution in [0.3, 0.4) is 0 Å². The van der Waals surface area contributed by atoms with Crippen LogP contribution in [0.2, 0.25) is 5.02 Å². The van der Waals surface area contributed by atoms with Gasteiger partial charge in [0.05, 0.1) is 22.7 Å². The minimum absolute atomic E-state index is 0.0147. The summed E-state index contributed by atoms with van der Waals surface area (Å²) in [6.45, 7) is 3.32. The van der Waals surface area contributed by atoms with E-state index in [-0.39, 0.29) is 48.3 Å². The summed E-state index contributed by atoms with van der Waals surface area (Å²) in [6, 6.07) is 12.4. The van der Waals surface area contributed by atoms with Crippen LogP contribution in [0.1, 0.15) is 47.2 Å². The Balaban J connectivity index is 1.44. The molecule has 0 unspecified atom stereocenters. The smallest absolute Gasteiger partial charge is 0.407 e. The monoisotopic (exact) mass is 526 g/mol. The van der Waals surface area contributed by atoms with Crippen LogP contribution in [0.4, 0.5) is 9.18 Å². The van der Waals surface area contributed by atoms with E-state index >= 15 is 0 Å². The zero-order valence-corrected chi connectivity index (χ0v) is 21.2. The molecule has 1 N–H and O–H groups in total. The maximum absolute atomic E-state index is 14.2. The number of nitriles is 1. The fraction of sp³-hybridized carbons (Fsp3) is 0.407. The van der Waals surface area contributed by atoms with Crippen molar-refractivity contribution in [2.24, 2.45) is 5.92 Å². The average molecular weight is 527 g/mol. The van der Waals surface area contributed by atoms with E-state index in [9.17, 15) is 23.9 Å². The number of carboxylic acid groups (broad SMARTS) is 1. The predicted octanol–water partition coefficient (Wildman–Crippen LogP) is 4.20.